The van der Waals surface area contributed by atoms with Gasteiger partial charge in [-0.05, 0) is 30.9 Å². The predicted octanol–water partition coefficient (Wildman–Crippen LogP) is 3.41. The second kappa shape index (κ2) is 11.2. The van der Waals surface area contributed by atoms with Crippen LogP contribution in [-0.2, 0) is 17.8 Å². The molecule has 2 aromatic rings. The number of nitrogens with zero attached hydrogens (tertiary/aromatic N) is 2. The number of aliphatic imine (C=N–C) groups is 1. The Labute approximate surface area is 176 Å². The van der Waals surface area contributed by atoms with Gasteiger partial charge in [-0.3, -0.25) is 10.1 Å². The maximum absolute atomic E-state index is 10.8. The highest BCUT2D eigenvalue weighted by Gasteiger charge is 2.14. The fourth-order valence-corrected chi connectivity index (χ4v) is 3.27. The van der Waals surface area contributed by atoms with E-state index in [1.54, 1.807) is 19.2 Å². The zero-order valence-corrected chi connectivity index (χ0v) is 17.2. The Morgan fingerprint density at radius 2 is 2.00 bits per heavy atom. The van der Waals surface area contributed by atoms with Crippen molar-refractivity contribution in [2.45, 2.75) is 38.5 Å². The molecule has 0 amide bonds. The fraction of sp³-hybridized carbons (Fsp3) is 0.409. The number of ether oxygens (including phenoxy) is 2. The summed E-state index contributed by atoms with van der Waals surface area (Å²) in [5.74, 6) is 1.48. The molecule has 1 aliphatic heterocycles. The Hall–Kier alpha value is -3.13. The van der Waals surface area contributed by atoms with E-state index in [4.69, 9.17) is 9.47 Å². The van der Waals surface area contributed by atoms with Crippen LogP contribution in [-0.4, -0.2) is 37.2 Å². The summed E-state index contributed by atoms with van der Waals surface area (Å²) in [4.78, 5) is 15.1. The van der Waals surface area contributed by atoms with Gasteiger partial charge in [0.05, 0.1) is 24.7 Å². The van der Waals surface area contributed by atoms with Crippen LogP contribution in [0.2, 0.25) is 0 Å². The molecule has 8 nitrogen and oxygen atoms in total. The topological polar surface area (TPSA) is 98.0 Å². The number of benzene rings is 2. The lowest BCUT2D eigenvalue weighted by Crippen LogP contribution is -2.42. The number of para-hydroxylation sites is 1. The predicted molar refractivity (Wildman–Crippen MR) is 116 cm³/mol. The van der Waals surface area contributed by atoms with Gasteiger partial charge in [-0.15, -0.1) is 0 Å². The molecular formula is C22H28N4O4. The molecule has 0 aromatic heterocycles. The second-order valence-electron chi connectivity index (χ2n) is 7.12. The summed E-state index contributed by atoms with van der Waals surface area (Å²) in [6, 6.07) is 14.3. The van der Waals surface area contributed by atoms with Crippen molar-refractivity contribution in [1.29, 1.82) is 0 Å². The van der Waals surface area contributed by atoms with Crippen LogP contribution in [0.3, 0.4) is 0 Å². The molecule has 2 aromatic carbocycles. The highest BCUT2D eigenvalue weighted by Crippen LogP contribution is 2.17. The van der Waals surface area contributed by atoms with Gasteiger partial charge >= 0.3 is 0 Å². The molecular weight excluding hydrogens is 384 g/mol. The van der Waals surface area contributed by atoms with Crippen molar-refractivity contribution >= 4 is 11.6 Å². The minimum absolute atomic E-state index is 0.0739. The van der Waals surface area contributed by atoms with Gasteiger partial charge < -0.3 is 20.1 Å². The number of nitrogens with one attached hydrogen (secondary N) is 2. The number of hydrogen-bond acceptors (Lipinski definition) is 5. The lowest BCUT2D eigenvalue weighted by molar-refractivity contribution is -0.384. The molecule has 1 heterocycles. The Kier molecular flexibility index (Phi) is 8.02. The number of guanidine groups is 1. The van der Waals surface area contributed by atoms with Crippen molar-refractivity contribution in [2.24, 2.45) is 4.99 Å². The summed E-state index contributed by atoms with van der Waals surface area (Å²) in [5, 5.41) is 17.5. The minimum atomic E-state index is -0.404. The molecule has 0 radical (unpaired) electrons. The normalized spacial score (nSPS) is 16.7. The first-order chi connectivity index (χ1) is 14.7. The smallest absolute Gasteiger partial charge is 0.269 e. The van der Waals surface area contributed by atoms with Crippen LogP contribution in [0.1, 0.15) is 30.4 Å². The van der Waals surface area contributed by atoms with E-state index in [-0.39, 0.29) is 11.8 Å². The molecule has 1 aliphatic rings. The number of hydrogen-bond donors (Lipinski definition) is 2. The summed E-state index contributed by atoms with van der Waals surface area (Å²) >= 11 is 0. The quantitative estimate of drug-likeness (QED) is 0.298. The van der Waals surface area contributed by atoms with E-state index >= 15 is 0 Å². The zero-order chi connectivity index (χ0) is 21.2. The molecule has 1 fully saturated rings. The third kappa shape index (κ3) is 6.45. The molecule has 1 saturated heterocycles. The maximum Gasteiger partial charge on any atom is 0.269 e. The van der Waals surface area contributed by atoms with E-state index in [1.165, 1.54) is 18.6 Å². The van der Waals surface area contributed by atoms with Crippen LogP contribution in [0, 0.1) is 10.1 Å². The van der Waals surface area contributed by atoms with Crippen molar-refractivity contribution in [1.82, 2.24) is 10.6 Å². The van der Waals surface area contributed by atoms with Crippen LogP contribution in [0.25, 0.3) is 0 Å². The molecule has 0 aliphatic carbocycles. The Balaban J connectivity index is 1.65. The Morgan fingerprint density at radius 3 is 2.70 bits per heavy atom. The monoisotopic (exact) mass is 412 g/mol. The first-order valence-electron chi connectivity index (χ1n) is 10.1. The first kappa shape index (κ1) is 21.6. The number of non-ortho nitro benzene ring substituents is 1. The second-order valence-corrected chi connectivity index (χ2v) is 7.12. The molecule has 8 heteroatoms. The average molecular weight is 412 g/mol. The van der Waals surface area contributed by atoms with Crippen molar-refractivity contribution in [3.05, 3.63) is 69.8 Å². The van der Waals surface area contributed by atoms with Gasteiger partial charge in [-0.1, -0.05) is 30.3 Å². The van der Waals surface area contributed by atoms with E-state index in [0.717, 1.165) is 36.3 Å². The van der Waals surface area contributed by atoms with Crippen LogP contribution in [0.15, 0.2) is 53.5 Å². The summed E-state index contributed by atoms with van der Waals surface area (Å²) in [5.41, 5.74) is 2.00. The number of nitro benzene ring substituents is 1. The van der Waals surface area contributed by atoms with Gasteiger partial charge in [0.1, 0.15) is 5.75 Å². The molecule has 160 valence electrons. The highest BCUT2D eigenvalue weighted by atomic mass is 16.6. The third-order valence-corrected chi connectivity index (χ3v) is 4.98. The molecule has 0 bridgehead atoms. The van der Waals surface area contributed by atoms with Crippen molar-refractivity contribution in [2.75, 3.05) is 20.3 Å². The van der Waals surface area contributed by atoms with Gasteiger partial charge in [0.15, 0.2) is 5.96 Å². The van der Waals surface area contributed by atoms with Crippen LogP contribution in [0.5, 0.6) is 5.75 Å². The summed E-state index contributed by atoms with van der Waals surface area (Å²) in [6.45, 7) is 2.45. The summed E-state index contributed by atoms with van der Waals surface area (Å²) < 4.78 is 11.2. The van der Waals surface area contributed by atoms with Crippen molar-refractivity contribution in [3.63, 3.8) is 0 Å². The van der Waals surface area contributed by atoms with Gasteiger partial charge in [-0.25, -0.2) is 4.99 Å². The van der Waals surface area contributed by atoms with Gasteiger partial charge in [0.25, 0.3) is 5.69 Å². The molecule has 3 rings (SSSR count). The zero-order valence-electron chi connectivity index (χ0n) is 17.2. The van der Waals surface area contributed by atoms with E-state index in [9.17, 15) is 10.1 Å². The molecule has 2 N–H and O–H groups in total. The Bertz CT molecular complexity index is 848. The largest absolute Gasteiger partial charge is 0.496 e. The van der Waals surface area contributed by atoms with E-state index < -0.39 is 4.92 Å². The fourth-order valence-electron chi connectivity index (χ4n) is 3.27. The summed E-state index contributed by atoms with van der Waals surface area (Å²) in [7, 11) is 1.65. The minimum Gasteiger partial charge on any atom is -0.496 e. The van der Waals surface area contributed by atoms with Crippen molar-refractivity contribution in [3.8, 4) is 5.75 Å². The number of methoxy groups -OCH3 is 1. The van der Waals surface area contributed by atoms with Crippen molar-refractivity contribution < 1.29 is 14.4 Å². The molecule has 0 saturated carbocycles. The molecule has 30 heavy (non-hydrogen) atoms. The molecule has 1 unspecified atom stereocenters. The maximum atomic E-state index is 10.8. The van der Waals surface area contributed by atoms with Gasteiger partial charge in [0.2, 0.25) is 0 Å². The molecule has 1 atom stereocenters. The van der Waals surface area contributed by atoms with Crippen LogP contribution >= 0.6 is 0 Å². The highest BCUT2D eigenvalue weighted by molar-refractivity contribution is 5.79. The SMILES string of the molecule is COc1ccccc1CNC(=NCc1ccc([N+](=O)[O-])cc1)NCC1CCCCO1. The lowest BCUT2D eigenvalue weighted by Gasteiger charge is -2.24. The number of nitro groups is 1. The standard InChI is InChI=1S/C22H28N4O4/c1-29-21-8-3-2-6-18(21)15-24-22(25-16-20-7-4-5-13-30-20)23-14-17-9-11-19(12-10-17)26(27)28/h2-3,6,8-12,20H,4-5,7,13-16H2,1H3,(H2,23,24,25). The lowest BCUT2D eigenvalue weighted by atomic mass is 10.1. The van der Waals surface area contributed by atoms with E-state index in [0.29, 0.717) is 25.6 Å². The van der Waals surface area contributed by atoms with Gasteiger partial charge in [-0.2, -0.15) is 0 Å². The van der Waals surface area contributed by atoms with Gasteiger partial charge in [0, 0.05) is 37.4 Å². The van der Waals surface area contributed by atoms with Crippen LogP contribution < -0.4 is 15.4 Å². The molecule has 0 spiro atoms. The van der Waals surface area contributed by atoms with Crippen LogP contribution in [0.4, 0.5) is 5.69 Å². The van der Waals surface area contributed by atoms with E-state index in [2.05, 4.69) is 15.6 Å². The average Bonchev–Trinajstić information content (AvgIpc) is 2.79. The number of rotatable bonds is 8. The first-order valence-corrected chi connectivity index (χ1v) is 10.1. The van der Waals surface area contributed by atoms with E-state index in [1.807, 2.05) is 24.3 Å². The Morgan fingerprint density at radius 1 is 1.20 bits per heavy atom. The summed E-state index contributed by atoms with van der Waals surface area (Å²) in [6.07, 6.45) is 3.51. The third-order valence-electron chi connectivity index (χ3n) is 4.98.